The van der Waals surface area contributed by atoms with Crippen LogP contribution >= 0.6 is 0 Å². The first-order chi connectivity index (χ1) is 6.27. The van der Waals surface area contributed by atoms with E-state index in [-0.39, 0.29) is 6.10 Å². The van der Waals surface area contributed by atoms with Crippen LogP contribution in [-0.2, 0) is 4.74 Å². The van der Waals surface area contributed by atoms with Gasteiger partial charge >= 0.3 is 0 Å². The molecule has 0 aliphatic carbocycles. The number of rotatable bonds is 5. The molecule has 1 saturated heterocycles. The van der Waals surface area contributed by atoms with Gasteiger partial charge in [0.2, 0.25) is 0 Å². The number of methoxy groups -OCH3 is 1. The van der Waals surface area contributed by atoms with Crippen LogP contribution in [0.1, 0.15) is 26.2 Å². The van der Waals surface area contributed by atoms with E-state index < -0.39 is 0 Å². The maximum Gasteiger partial charge on any atom is 0.0788 e. The first-order valence-electron chi connectivity index (χ1n) is 5.19. The Morgan fingerprint density at radius 1 is 1.62 bits per heavy atom. The fraction of sp³-hybridized carbons (Fsp3) is 1.00. The maximum absolute atomic E-state index is 9.57. The van der Waals surface area contributed by atoms with Crippen LogP contribution < -0.4 is 0 Å². The average molecular weight is 187 g/mol. The zero-order chi connectivity index (χ0) is 9.68. The van der Waals surface area contributed by atoms with Crippen molar-refractivity contribution >= 4 is 0 Å². The molecule has 0 aromatic heterocycles. The van der Waals surface area contributed by atoms with Gasteiger partial charge in [-0.3, -0.25) is 0 Å². The van der Waals surface area contributed by atoms with Crippen molar-refractivity contribution < 1.29 is 9.84 Å². The van der Waals surface area contributed by atoms with E-state index in [2.05, 4.69) is 11.8 Å². The summed E-state index contributed by atoms with van der Waals surface area (Å²) in [6, 6.07) is 0.579. The van der Waals surface area contributed by atoms with Crippen LogP contribution in [0.25, 0.3) is 0 Å². The first-order valence-corrected chi connectivity index (χ1v) is 5.19. The van der Waals surface area contributed by atoms with Gasteiger partial charge in [0.1, 0.15) is 0 Å². The third kappa shape index (κ3) is 3.25. The van der Waals surface area contributed by atoms with Crippen molar-refractivity contribution in [3.05, 3.63) is 0 Å². The highest BCUT2D eigenvalue weighted by molar-refractivity contribution is 4.80. The predicted molar refractivity (Wildman–Crippen MR) is 52.8 cm³/mol. The van der Waals surface area contributed by atoms with E-state index in [9.17, 15) is 5.11 Å². The molecule has 2 unspecified atom stereocenters. The third-order valence-electron chi connectivity index (χ3n) is 2.81. The number of hydrogen-bond donors (Lipinski definition) is 1. The van der Waals surface area contributed by atoms with Gasteiger partial charge in [-0.1, -0.05) is 6.92 Å². The minimum atomic E-state index is -0.290. The van der Waals surface area contributed by atoms with Gasteiger partial charge in [0.15, 0.2) is 0 Å². The van der Waals surface area contributed by atoms with E-state index >= 15 is 0 Å². The van der Waals surface area contributed by atoms with Gasteiger partial charge in [0, 0.05) is 13.2 Å². The Bertz CT molecular complexity index is 141. The minimum Gasteiger partial charge on any atom is -0.391 e. The molecule has 0 amide bonds. The van der Waals surface area contributed by atoms with Gasteiger partial charge in [0.05, 0.1) is 12.7 Å². The van der Waals surface area contributed by atoms with Crippen molar-refractivity contribution in [2.45, 2.75) is 38.3 Å². The minimum absolute atomic E-state index is 0.290. The standard InChI is InChI=1S/C10H21NO2/c1-3-11-6-4-5-9(11)7-10(12)8-13-2/h9-10,12H,3-8H2,1-2H3. The molecule has 1 aliphatic heterocycles. The topological polar surface area (TPSA) is 32.7 Å². The van der Waals surface area contributed by atoms with E-state index in [0.717, 1.165) is 13.0 Å². The highest BCUT2D eigenvalue weighted by atomic mass is 16.5. The Balaban J connectivity index is 2.26. The van der Waals surface area contributed by atoms with E-state index in [1.54, 1.807) is 7.11 Å². The summed E-state index contributed by atoms with van der Waals surface area (Å²) in [6.07, 6.45) is 3.08. The molecule has 1 N–H and O–H groups in total. The van der Waals surface area contributed by atoms with Gasteiger partial charge in [-0.2, -0.15) is 0 Å². The van der Waals surface area contributed by atoms with E-state index in [0.29, 0.717) is 12.6 Å². The third-order valence-corrected chi connectivity index (χ3v) is 2.81. The molecular weight excluding hydrogens is 166 g/mol. The van der Waals surface area contributed by atoms with Crippen LogP contribution in [0.2, 0.25) is 0 Å². The molecule has 0 spiro atoms. The predicted octanol–water partition coefficient (Wildman–Crippen LogP) is 0.868. The Labute approximate surface area is 80.7 Å². The number of aliphatic hydroxyl groups excluding tert-OH is 1. The summed E-state index contributed by atoms with van der Waals surface area (Å²) in [5.41, 5.74) is 0. The van der Waals surface area contributed by atoms with E-state index in [1.165, 1.54) is 19.4 Å². The highest BCUT2D eigenvalue weighted by Gasteiger charge is 2.24. The number of nitrogens with zero attached hydrogens (tertiary/aromatic N) is 1. The summed E-state index contributed by atoms with van der Waals surface area (Å²) in [4.78, 5) is 2.44. The summed E-state index contributed by atoms with van der Waals surface area (Å²) in [5.74, 6) is 0. The van der Waals surface area contributed by atoms with Crippen LogP contribution in [0.4, 0.5) is 0 Å². The van der Waals surface area contributed by atoms with Gasteiger partial charge < -0.3 is 14.7 Å². The van der Waals surface area contributed by atoms with Crippen molar-refractivity contribution in [2.75, 3.05) is 26.8 Å². The number of hydrogen-bond acceptors (Lipinski definition) is 3. The quantitative estimate of drug-likeness (QED) is 0.693. The molecule has 0 aromatic rings. The Hall–Kier alpha value is -0.120. The summed E-state index contributed by atoms with van der Waals surface area (Å²) in [5, 5.41) is 9.57. The second kappa shape index (κ2) is 5.58. The van der Waals surface area contributed by atoms with Gasteiger partial charge in [-0.25, -0.2) is 0 Å². The molecule has 3 nitrogen and oxygen atoms in total. The van der Waals surface area contributed by atoms with Gasteiger partial charge in [0.25, 0.3) is 0 Å². The Morgan fingerprint density at radius 3 is 3.00 bits per heavy atom. The lowest BCUT2D eigenvalue weighted by atomic mass is 10.1. The molecule has 78 valence electrons. The van der Waals surface area contributed by atoms with Crippen LogP contribution in [0.15, 0.2) is 0 Å². The van der Waals surface area contributed by atoms with Crippen molar-refractivity contribution in [2.24, 2.45) is 0 Å². The summed E-state index contributed by atoms with van der Waals surface area (Å²) in [6.45, 7) is 4.94. The fourth-order valence-corrected chi connectivity index (χ4v) is 2.15. The lowest BCUT2D eigenvalue weighted by molar-refractivity contribution is 0.0427. The molecular formula is C10H21NO2. The average Bonchev–Trinajstić information content (AvgIpc) is 2.52. The Kier molecular flexibility index (Phi) is 4.70. The molecule has 1 fully saturated rings. The van der Waals surface area contributed by atoms with Gasteiger partial charge in [-0.15, -0.1) is 0 Å². The van der Waals surface area contributed by atoms with E-state index in [1.807, 2.05) is 0 Å². The SMILES string of the molecule is CCN1CCCC1CC(O)COC. The first kappa shape index (κ1) is 11.0. The second-order valence-electron chi connectivity index (χ2n) is 3.77. The zero-order valence-corrected chi connectivity index (χ0v) is 8.70. The molecule has 13 heavy (non-hydrogen) atoms. The van der Waals surface area contributed by atoms with Crippen LogP contribution in [-0.4, -0.2) is 49.0 Å². The van der Waals surface area contributed by atoms with Crippen molar-refractivity contribution in [3.63, 3.8) is 0 Å². The van der Waals surface area contributed by atoms with Crippen molar-refractivity contribution in [3.8, 4) is 0 Å². The normalized spacial score (nSPS) is 26.5. The summed E-state index contributed by atoms with van der Waals surface area (Å²) in [7, 11) is 1.63. The maximum atomic E-state index is 9.57. The second-order valence-corrected chi connectivity index (χ2v) is 3.77. The smallest absolute Gasteiger partial charge is 0.0788 e. The molecule has 1 aliphatic rings. The zero-order valence-electron chi connectivity index (χ0n) is 8.70. The fourth-order valence-electron chi connectivity index (χ4n) is 2.15. The molecule has 0 saturated carbocycles. The van der Waals surface area contributed by atoms with E-state index in [4.69, 9.17) is 4.74 Å². The van der Waals surface area contributed by atoms with Gasteiger partial charge in [-0.05, 0) is 32.4 Å². The van der Waals surface area contributed by atoms with Crippen LogP contribution in [0, 0.1) is 0 Å². The molecule has 0 bridgehead atoms. The molecule has 1 rings (SSSR count). The molecule has 3 heteroatoms. The molecule has 2 atom stereocenters. The lowest BCUT2D eigenvalue weighted by Crippen LogP contribution is -2.33. The lowest BCUT2D eigenvalue weighted by Gasteiger charge is -2.24. The molecule has 0 radical (unpaired) electrons. The van der Waals surface area contributed by atoms with Crippen LogP contribution in [0.5, 0.6) is 0 Å². The van der Waals surface area contributed by atoms with Crippen molar-refractivity contribution in [1.29, 1.82) is 0 Å². The number of likely N-dealkylation sites (tertiary alicyclic amines) is 1. The van der Waals surface area contributed by atoms with Crippen molar-refractivity contribution in [1.82, 2.24) is 4.90 Å². The Morgan fingerprint density at radius 2 is 2.38 bits per heavy atom. The number of aliphatic hydroxyl groups is 1. The largest absolute Gasteiger partial charge is 0.391 e. The van der Waals surface area contributed by atoms with Crippen LogP contribution in [0.3, 0.4) is 0 Å². The highest BCUT2D eigenvalue weighted by Crippen LogP contribution is 2.20. The molecule has 1 heterocycles. The summed E-state index contributed by atoms with van der Waals surface area (Å²) < 4.78 is 4.91. The monoisotopic (exact) mass is 187 g/mol. The molecule has 0 aromatic carbocycles. The summed E-state index contributed by atoms with van der Waals surface area (Å²) >= 11 is 0. The number of ether oxygens (including phenoxy) is 1.